The molecule has 2 heterocycles. The molecule has 148 valence electrons. The van der Waals surface area contributed by atoms with Crippen molar-refractivity contribution in [1.82, 2.24) is 19.9 Å². The van der Waals surface area contributed by atoms with E-state index in [0.717, 1.165) is 38.2 Å². The van der Waals surface area contributed by atoms with Gasteiger partial charge in [-0.05, 0) is 24.0 Å². The first-order chi connectivity index (χ1) is 12.4. The molecule has 0 saturated carbocycles. The standard InChI is InChI=1S/C20H28N4O2.ClH/c1-20(2,3)14-18(25)24-11-7-10-23(12-13-24)15-17-21-19(26-22-17)16-8-5-4-6-9-16;/h4-6,8-9H,7,10-15H2,1-3H3;1H. The molecule has 7 heteroatoms. The topological polar surface area (TPSA) is 62.5 Å². The van der Waals surface area contributed by atoms with Crippen LogP contribution in [0.2, 0.25) is 0 Å². The Labute approximate surface area is 167 Å². The highest BCUT2D eigenvalue weighted by molar-refractivity contribution is 5.85. The van der Waals surface area contributed by atoms with Crippen LogP contribution in [0.4, 0.5) is 0 Å². The molecule has 0 radical (unpaired) electrons. The Bertz CT molecular complexity index is 727. The van der Waals surface area contributed by atoms with Gasteiger partial charge in [-0.1, -0.05) is 44.1 Å². The smallest absolute Gasteiger partial charge is 0.257 e. The van der Waals surface area contributed by atoms with E-state index < -0.39 is 0 Å². The van der Waals surface area contributed by atoms with Gasteiger partial charge in [0, 0.05) is 38.2 Å². The number of benzene rings is 1. The molecule has 2 aromatic rings. The van der Waals surface area contributed by atoms with Gasteiger partial charge in [0.15, 0.2) is 5.82 Å². The maximum Gasteiger partial charge on any atom is 0.257 e. The minimum Gasteiger partial charge on any atom is -0.341 e. The second-order valence-corrected chi connectivity index (χ2v) is 8.13. The number of rotatable bonds is 4. The van der Waals surface area contributed by atoms with Gasteiger partial charge in [0.1, 0.15) is 0 Å². The van der Waals surface area contributed by atoms with Crippen LogP contribution in [0.3, 0.4) is 0 Å². The van der Waals surface area contributed by atoms with Gasteiger partial charge < -0.3 is 9.42 Å². The highest BCUT2D eigenvalue weighted by Crippen LogP contribution is 2.21. The van der Waals surface area contributed by atoms with Gasteiger partial charge in [0.2, 0.25) is 5.91 Å². The van der Waals surface area contributed by atoms with Crippen LogP contribution in [0.25, 0.3) is 11.5 Å². The normalized spacial score (nSPS) is 15.9. The molecular weight excluding hydrogens is 364 g/mol. The fourth-order valence-electron chi connectivity index (χ4n) is 3.16. The third-order valence-electron chi connectivity index (χ3n) is 4.48. The summed E-state index contributed by atoms with van der Waals surface area (Å²) < 4.78 is 5.39. The molecule has 0 unspecified atom stereocenters. The minimum atomic E-state index is 0. The van der Waals surface area contributed by atoms with Crippen molar-refractivity contribution in [3.05, 3.63) is 36.2 Å². The molecule has 1 saturated heterocycles. The lowest BCUT2D eigenvalue weighted by Crippen LogP contribution is -2.36. The maximum absolute atomic E-state index is 12.5. The van der Waals surface area contributed by atoms with Crippen molar-refractivity contribution in [1.29, 1.82) is 0 Å². The van der Waals surface area contributed by atoms with E-state index in [1.165, 1.54) is 0 Å². The van der Waals surface area contributed by atoms with Crippen molar-refractivity contribution in [2.45, 2.75) is 40.2 Å². The Kier molecular flexibility index (Phi) is 7.39. The summed E-state index contributed by atoms with van der Waals surface area (Å²) >= 11 is 0. The van der Waals surface area contributed by atoms with Gasteiger partial charge in [-0.3, -0.25) is 9.69 Å². The molecule has 0 spiro atoms. The lowest BCUT2D eigenvalue weighted by molar-refractivity contribution is -0.132. The van der Waals surface area contributed by atoms with E-state index in [1.807, 2.05) is 35.2 Å². The van der Waals surface area contributed by atoms with Crippen LogP contribution in [0, 0.1) is 5.41 Å². The summed E-state index contributed by atoms with van der Waals surface area (Å²) in [5.74, 6) is 1.50. The van der Waals surface area contributed by atoms with Gasteiger partial charge in [-0.2, -0.15) is 4.98 Å². The number of carbonyl (C=O) groups excluding carboxylic acids is 1. The van der Waals surface area contributed by atoms with Crippen LogP contribution in [0.5, 0.6) is 0 Å². The van der Waals surface area contributed by atoms with Crippen LogP contribution >= 0.6 is 12.4 Å². The van der Waals surface area contributed by atoms with Crippen molar-refractivity contribution in [3.63, 3.8) is 0 Å². The Balaban J connectivity index is 0.00000261. The Hall–Kier alpha value is -1.92. The molecule has 1 aliphatic rings. The average Bonchev–Trinajstić information content (AvgIpc) is 2.92. The predicted octanol–water partition coefficient (Wildman–Crippen LogP) is 3.63. The monoisotopic (exact) mass is 392 g/mol. The van der Waals surface area contributed by atoms with Crippen LogP contribution in [-0.4, -0.2) is 52.0 Å². The third-order valence-corrected chi connectivity index (χ3v) is 4.48. The molecule has 6 nitrogen and oxygen atoms in total. The van der Waals surface area contributed by atoms with Gasteiger partial charge in [-0.15, -0.1) is 12.4 Å². The molecule has 1 aromatic heterocycles. The average molecular weight is 393 g/mol. The zero-order valence-electron chi connectivity index (χ0n) is 16.4. The van der Waals surface area contributed by atoms with Gasteiger partial charge in [0.25, 0.3) is 5.89 Å². The summed E-state index contributed by atoms with van der Waals surface area (Å²) in [4.78, 5) is 21.3. The zero-order chi connectivity index (χ0) is 18.6. The van der Waals surface area contributed by atoms with E-state index in [0.29, 0.717) is 24.7 Å². The van der Waals surface area contributed by atoms with Crippen molar-refractivity contribution < 1.29 is 9.32 Å². The van der Waals surface area contributed by atoms with E-state index in [2.05, 4.69) is 35.8 Å². The molecular formula is C20H29ClN4O2. The van der Waals surface area contributed by atoms with Crippen LogP contribution in [0.15, 0.2) is 34.9 Å². The fraction of sp³-hybridized carbons (Fsp3) is 0.550. The van der Waals surface area contributed by atoms with E-state index >= 15 is 0 Å². The summed E-state index contributed by atoms with van der Waals surface area (Å²) in [5.41, 5.74) is 0.961. The molecule has 1 aliphatic heterocycles. The Morgan fingerprint density at radius 3 is 2.56 bits per heavy atom. The summed E-state index contributed by atoms with van der Waals surface area (Å²) in [7, 11) is 0. The van der Waals surface area contributed by atoms with Crippen molar-refractivity contribution in [2.75, 3.05) is 26.2 Å². The molecule has 0 bridgehead atoms. The number of hydrogen-bond acceptors (Lipinski definition) is 5. The van der Waals surface area contributed by atoms with Gasteiger partial charge in [-0.25, -0.2) is 0 Å². The molecule has 1 aromatic carbocycles. The Morgan fingerprint density at radius 1 is 1.11 bits per heavy atom. The molecule has 0 atom stereocenters. The number of nitrogens with zero attached hydrogens (tertiary/aromatic N) is 4. The fourth-order valence-corrected chi connectivity index (χ4v) is 3.16. The summed E-state index contributed by atoms with van der Waals surface area (Å²) in [6.07, 6.45) is 1.57. The van der Waals surface area contributed by atoms with Crippen molar-refractivity contribution >= 4 is 18.3 Å². The molecule has 27 heavy (non-hydrogen) atoms. The Morgan fingerprint density at radius 2 is 1.85 bits per heavy atom. The third kappa shape index (κ3) is 6.33. The minimum absolute atomic E-state index is 0. The second-order valence-electron chi connectivity index (χ2n) is 8.13. The molecule has 1 amide bonds. The summed E-state index contributed by atoms with van der Waals surface area (Å²) in [5, 5.41) is 4.11. The molecule has 3 rings (SSSR count). The SMILES string of the molecule is CC(C)(C)CC(=O)N1CCCN(Cc2noc(-c3ccccc3)n2)CC1.Cl. The first kappa shape index (κ1) is 21.4. The first-order valence-electron chi connectivity index (χ1n) is 9.29. The van der Waals surface area contributed by atoms with Gasteiger partial charge >= 0.3 is 0 Å². The molecule has 0 aliphatic carbocycles. The number of halogens is 1. The highest BCUT2D eigenvalue weighted by Gasteiger charge is 2.24. The van der Waals surface area contributed by atoms with Crippen LogP contribution in [-0.2, 0) is 11.3 Å². The number of hydrogen-bond donors (Lipinski definition) is 0. The van der Waals surface area contributed by atoms with Crippen molar-refractivity contribution in [2.24, 2.45) is 5.41 Å². The highest BCUT2D eigenvalue weighted by atomic mass is 35.5. The predicted molar refractivity (Wildman–Crippen MR) is 108 cm³/mol. The summed E-state index contributed by atoms with van der Waals surface area (Å²) in [6, 6.07) is 9.79. The van der Waals surface area contributed by atoms with E-state index in [1.54, 1.807) is 0 Å². The zero-order valence-corrected chi connectivity index (χ0v) is 17.2. The quantitative estimate of drug-likeness (QED) is 0.795. The number of carbonyl (C=O) groups is 1. The second kappa shape index (κ2) is 9.33. The van der Waals surface area contributed by atoms with E-state index in [9.17, 15) is 4.79 Å². The number of amides is 1. The molecule has 0 N–H and O–H groups in total. The van der Waals surface area contributed by atoms with E-state index in [-0.39, 0.29) is 23.7 Å². The maximum atomic E-state index is 12.5. The largest absolute Gasteiger partial charge is 0.341 e. The van der Waals surface area contributed by atoms with Gasteiger partial charge in [0.05, 0.1) is 6.54 Å². The van der Waals surface area contributed by atoms with Crippen molar-refractivity contribution in [3.8, 4) is 11.5 Å². The molecule has 1 fully saturated rings. The first-order valence-corrected chi connectivity index (χ1v) is 9.29. The summed E-state index contributed by atoms with van der Waals surface area (Å²) in [6.45, 7) is 10.3. The lowest BCUT2D eigenvalue weighted by Gasteiger charge is -2.25. The number of aromatic nitrogens is 2. The van der Waals surface area contributed by atoms with E-state index in [4.69, 9.17) is 4.52 Å². The lowest BCUT2D eigenvalue weighted by atomic mass is 9.91. The van der Waals surface area contributed by atoms with Crippen LogP contribution < -0.4 is 0 Å². The van der Waals surface area contributed by atoms with Crippen LogP contribution in [0.1, 0.15) is 39.4 Å².